The van der Waals surface area contributed by atoms with E-state index in [0.717, 1.165) is 11.3 Å². The third-order valence-corrected chi connectivity index (χ3v) is 2.06. The summed E-state index contributed by atoms with van der Waals surface area (Å²) in [6, 6.07) is 9.54. The number of aliphatic hydroxyl groups excluding tert-OH is 1. The van der Waals surface area contributed by atoms with Gasteiger partial charge < -0.3 is 5.11 Å². The molecule has 76 valence electrons. The quantitative estimate of drug-likeness (QED) is 0.732. The number of hydrogen-bond donors (Lipinski definition) is 1. The van der Waals surface area contributed by atoms with Gasteiger partial charge >= 0.3 is 0 Å². The summed E-state index contributed by atoms with van der Waals surface area (Å²) in [6.07, 6.45) is -0.508. The second-order valence-corrected chi connectivity index (χ2v) is 3.67. The molecule has 0 bridgehead atoms. The molecular weight excluding hydrogens is 174 g/mol. The van der Waals surface area contributed by atoms with E-state index in [2.05, 4.69) is 4.99 Å². The Morgan fingerprint density at radius 2 is 1.79 bits per heavy atom. The zero-order valence-corrected chi connectivity index (χ0v) is 8.94. The molecule has 0 aromatic heterocycles. The summed E-state index contributed by atoms with van der Waals surface area (Å²) < 4.78 is 0. The van der Waals surface area contributed by atoms with Crippen molar-refractivity contribution in [1.29, 1.82) is 0 Å². The highest BCUT2D eigenvalue weighted by atomic mass is 16.3. The second-order valence-electron chi connectivity index (χ2n) is 3.67. The summed E-state index contributed by atoms with van der Waals surface area (Å²) in [5.41, 5.74) is 1.91. The van der Waals surface area contributed by atoms with Crippen molar-refractivity contribution < 1.29 is 5.11 Å². The van der Waals surface area contributed by atoms with Gasteiger partial charge in [0.05, 0.1) is 6.04 Å². The number of aliphatic imine (C=N–C) groups is 1. The van der Waals surface area contributed by atoms with E-state index >= 15 is 0 Å². The van der Waals surface area contributed by atoms with Crippen molar-refractivity contribution in [3.05, 3.63) is 35.9 Å². The molecule has 0 spiro atoms. The molecule has 2 nitrogen and oxygen atoms in total. The van der Waals surface area contributed by atoms with Crippen LogP contribution in [0.15, 0.2) is 35.3 Å². The SMILES string of the molecule is CC(C)=NC(C)C(O)c1ccccc1. The molecule has 0 aliphatic heterocycles. The van der Waals surface area contributed by atoms with Crippen LogP contribution in [0.4, 0.5) is 0 Å². The first kappa shape index (κ1) is 10.9. The van der Waals surface area contributed by atoms with E-state index in [-0.39, 0.29) is 6.04 Å². The largest absolute Gasteiger partial charge is 0.386 e. The van der Waals surface area contributed by atoms with Crippen LogP contribution in [0, 0.1) is 0 Å². The van der Waals surface area contributed by atoms with Crippen molar-refractivity contribution >= 4 is 5.71 Å². The van der Waals surface area contributed by atoms with Crippen LogP contribution >= 0.6 is 0 Å². The van der Waals surface area contributed by atoms with Crippen LogP contribution in [0.1, 0.15) is 32.4 Å². The van der Waals surface area contributed by atoms with E-state index in [1.54, 1.807) is 0 Å². The summed E-state index contributed by atoms with van der Waals surface area (Å²) in [6.45, 7) is 5.80. The summed E-state index contributed by atoms with van der Waals surface area (Å²) in [5, 5.41) is 9.93. The molecule has 14 heavy (non-hydrogen) atoms. The standard InChI is InChI=1S/C12H17NO/c1-9(2)13-10(3)12(14)11-7-5-4-6-8-11/h4-8,10,12,14H,1-3H3. The van der Waals surface area contributed by atoms with Crippen molar-refractivity contribution in [3.8, 4) is 0 Å². The van der Waals surface area contributed by atoms with Crippen molar-refractivity contribution in [2.75, 3.05) is 0 Å². The lowest BCUT2D eigenvalue weighted by molar-refractivity contribution is 0.154. The molecule has 0 amide bonds. The third-order valence-electron chi connectivity index (χ3n) is 2.06. The van der Waals surface area contributed by atoms with Gasteiger partial charge in [-0.05, 0) is 26.3 Å². The molecular formula is C12H17NO. The van der Waals surface area contributed by atoms with Crippen molar-refractivity contribution in [2.45, 2.75) is 32.9 Å². The lowest BCUT2D eigenvalue weighted by Gasteiger charge is -2.15. The van der Waals surface area contributed by atoms with Gasteiger partial charge in [0.25, 0.3) is 0 Å². The number of aliphatic hydroxyl groups is 1. The van der Waals surface area contributed by atoms with Gasteiger partial charge in [-0.25, -0.2) is 0 Å². The summed E-state index contributed by atoms with van der Waals surface area (Å²) in [5.74, 6) is 0. The molecule has 0 saturated carbocycles. The predicted octanol–water partition coefficient (Wildman–Crippen LogP) is 2.59. The molecule has 1 N–H and O–H groups in total. The van der Waals surface area contributed by atoms with Crippen molar-refractivity contribution in [2.24, 2.45) is 4.99 Å². The van der Waals surface area contributed by atoms with E-state index in [1.807, 2.05) is 51.1 Å². The Morgan fingerprint density at radius 1 is 1.21 bits per heavy atom. The number of benzene rings is 1. The smallest absolute Gasteiger partial charge is 0.101 e. The fourth-order valence-electron chi connectivity index (χ4n) is 1.41. The lowest BCUT2D eigenvalue weighted by atomic mass is 10.0. The monoisotopic (exact) mass is 191 g/mol. The lowest BCUT2D eigenvalue weighted by Crippen LogP contribution is -2.13. The Morgan fingerprint density at radius 3 is 2.29 bits per heavy atom. The molecule has 0 aliphatic carbocycles. The van der Waals surface area contributed by atoms with Gasteiger partial charge in [0, 0.05) is 5.71 Å². The first-order valence-corrected chi connectivity index (χ1v) is 4.85. The highest BCUT2D eigenvalue weighted by Crippen LogP contribution is 2.18. The zero-order valence-electron chi connectivity index (χ0n) is 8.94. The molecule has 2 heteroatoms. The van der Waals surface area contributed by atoms with Gasteiger partial charge in [-0.3, -0.25) is 4.99 Å². The van der Waals surface area contributed by atoms with E-state index in [1.165, 1.54) is 0 Å². The molecule has 0 heterocycles. The average Bonchev–Trinajstić information content (AvgIpc) is 2.17. The van der Waals surface area contributed by atoms with Crippen molar-refractivity contribution in [1.82, 2.24) is 0 Å². The molecule has 2 atom stereocenters. The first-order valence-electron chi connectivity index (χ1n) is 4.85. The maximum atomic E-state index is 9.93. The second kappa shape index (κ2) is 4.91. The summed E-state index contributed by atoms with van der Waals surface area (Å²) in [7, 11) is 0. The number of hydrogen-bond acceptors (Lipinski definition) is 2. The highest BCUT2D eigenvalue weighted by molar-refractivity contribution is 5.79. The molecule has 0 saturated heterocycles. The van der Waals surface area contributed by atoms with Gasteiger partial charge in [-0.2, -0.15) is 0 Å². The van der Waals surface area contributed by atoms with Gasteiger partial charge in [0.2, 0.25) is 0 Å². The topological polar surface area (TPSA) is 32.6 Å². The minimum atomic E-state index is -0.508. The predicted molar refractivity (Wildman–Crippen MR) is 59.6 cm³/mol. The summed E-state index contributed by atoms with van der Waals surface area (Å²) >= 11 is 0. The molecule has 1 rings (SSSR count). The maximum absolute atomic E-state index is 9.93. The molecule has 1 aromatic rings. The first-order chi connectivity index (χ1) is 6.61. The van der Waals surface area contributed by atoms with E-state index in [0.29, 0.717) is 0 Å². The van der Waals surface area contributed by atoms with Gasteiger partial charge in [0.15, 0.2) is 0 Å². The number of rotatable bonds is 3. The summed E-state index contributed by atoms with van der Waals surface area (Å²) in [4.78, 5) is 4.32. The minimum absolute atomic E-state index is 0.0811. The zero-order chi connectivity index (χ0) is 10.6. The molecule has 2 unspecified atom stereocenters. The fraction of sp³-hybridized carbons (Fsp3) is 0.417. The van der Waals surface area contributed by atoms with Crippen LogP contribution in [-0.4, -0.2) is 16.9 Å². The Bertz CT molecular complexity index is 301. The molecule has 0 fully saturated rings. The average molecular weight is 191 g/mol. The van der Waals surface area contributed by atoms with Gasteiger partial charge in [0.1, 0.15) is 6.10 Å². The molecule has 0 radical (unpaired) electrons. The van der Waals surface area contributed by atoms with Gasteiger partial charge in [-0.1, -0.05) is 30.3 Å². The molecule has 0 aliphatic rings. The van der Waals surface area contributed by atoms with E-state index in [4.69, 9.17) is 0 Å². The van der Waals surface area contributed by atoms with Crippen LogP contribution < -0.4 is 0 Å². The Labute approximate surface area is 85.3 Å². The third kappa shape index (κ3) is 2.96. The van der Waals surface area contributed by atoms with E-state index < -0.39 is 6.10 Å². The van der Waals surface area contributed by atoms with Crippen LogP contribution in [-0.2, 0) is 0 Å². The fourth-order valence-corrected chi connectivity index (χ4v) is 1.41. The minimum Gasteiger partial charge on any atom is -0.386 e. The Balaban J connectivity index is 2.76. The van der Waals surface area contributed by atoms with Crippen LogP contribution in [0.2, 0.25) is 0 Å². The Hall–Kier alpha value is -1.15. The van der Waals surface area contributed by atoms with Crippen molar-refractivity contribution in [3.63, 3.8) is 0 Å². The Kier molecular flexibility index (Phi) is 3.84. The van der Waals surface area contributed by atoms with Crippen LogP contribution in [0.3, 0.4) is 0 Å². The van der Waals surface area contributed by atoms with Crippen LogP contribution in [0.5, 0.6) is 0 Å². The maximum Gasteiger partial charge on any atom is 0.101 e. The number of nitrogens with zero attached hydrogens (tertiary/aromatic N) is 1. The van der Waals surface area contributed by atoms with Crippen LogP contribution in [0.25, 0.3) is 0 Å². The molecule has 1 aromatic carbocycles. The van der Waals surface area contributed by atoms with Gasteiger partial charge in [-0.15, -0.1) is 0 Å². The normalized spacial score (nSPS) is 14.6. The highest BCUT2D eigenvalue weighted by Gasteiger charge is 2.14. The van der Waals surface area contributed by atoms with E-state index in [9.17, 15) is 5.11 Å².